The Morgan fingerprint density at radius 1 is 1.19 bits per heavy atom. The first-order valence-corrected chi connectivity index (χ1v) is 10.9. The normalized spacial score (nSPS) is 19.6. The Morgan fingerprint density at radius 2 is 2.03 bits per heavy atom. The average Bonchev–Trinajstić information content (AvgIpc) is 3.46. The Bertz CT molecular complexity index is 1130. The molecule has 5 rings (SSSR count). The molecule has 4 heterocycles. The van der Waals surface area contributed by atoms with Crippen molar-refractivity contribution in [2.45, 2.75) is 31.7 Å². The molecule has 0 bridgehead atoms. The molecule has 2 aliphatic rings. The van der Waals surface area contributed by atoms with Gasteiger partial charge in [0.05, 0.1) is 12.2 Å². The monoisotopic (exact) mass is 442 g/mol. The summed E-state index contributed by atoms with van der Waals surface area (Å²) < 4.78 is 34.9. The second-order valence-corrected chi connectivity index (χ2v) is 8.25. The molecule has 0 radical (unpaired) electrons. The number of anilines is 1. The number of fused-ring (bicyclic) bond motifs is 1. The first-order valence-electron chi connectivity index (χ1n) is 10.9. The molecule has 0 spiro atoms. The largest absolute Gasteiger partial charge is 0.381 e. The third-order valence-electron chi connectivity index (χ3n) is 6.21. The van der Waals surface area contributed by atoms with Crippen molar-refractivity contribution in [3.05, 3.63) is 47.9 Å². The molecule has 1 atom stereocenters. The van der Waals surface area contributed by atoms with E-state index in [-0.39, 0.29) is 17.6 Å². The van der Waals surface area contributed by atoms with Crippen LogP contribution in [0.15, 0.2) is 30.7 Å². The van der Waals surface area contributed by atoms with Crippen LogP contribution in [0.1, 0.15) is 37.3 Å². The van der Waals surface area contributed by atoms with Crippen molar-refractivity contribution in [2.75, 3.05) is 31.2 Å². The molecule has 1 aromatic carbocycles. The fourth-order valence-electron chi connectivity index (χ4n) is 4.45. The highest BCUT2D eigenvalue weighted by Gasteiger charge is 2.31. The standard InChI is InChI=1S/C22H24F2N6O2/c23-15-3-4-17(24)16(10-15)19-2-1-7-29(19)21-25-12-18-20(28-21)30(13-27-18)22(31)26-11-14-5-8-32-9-6-14/h3-4,10,12-14,19H,1-2,5-9,11H2,(H,26,31)/t19-/m1/s1. The van der Waals surface area contributed by atoms with E-state index in [1.54, 1.807) is 6.20 Å². The Balaban J connectivity index is 1.39. The zero-order valence-corrected chi connectivity index (χ0v) is 17.5. The van der Waals surface area contributed by atoms with Crippen molar-refractivity contribution in [1.82, 2.24) is 24.8 Å². The van der Waals surface area contributed by atoms with Crippen molar-refractivity contribution >= 4 is 23.1 Å². The van der Waals surface area contributed by atoms with Crippen LogP contribution in [0.5, 0.6) is 0 Å². The van der Waals surface area contributed by atoms with Gasteiger partial charge in [-0.25, -0.2) is 28.1 Å². The molecule has 0 aliphatic carbocycles. The number of hydrogen-bond acceptors (Lipinski definition) is 6. The number of amides is 1. The highest BCUT2D eigenvalue weighted by molar-refractivity contribution is 5.87. The lowest BCUT2D eigenvalue weighted by atomic mass is 10.0. The van der Waals surface area contributed by atoms with Crippen LogP contribution in [0.2, 0.25) is 0 Å². The van der Waals surface area contributed by atoms with Crippen LogP contribution in [-0.2, 0) is 4.74 Å². The van der Waals surface area contributed by atoms with Crippen LogP contribution in [-0.4, -0.2) is 51.9 Å². The molecular formula is C22H24F2N6O2. The predicted octanol–water partition coefficient (Wildman–Crippen LogP) is 3.43. The Hall–Kier alpha value is -3.14. The Morgan fingerprint density at radius 3 is 2.88 bits per heavy atom. The molecule has 2 fully saturated rings. The number of benzene rings is 1. The van der Waals surface area contributed by atoms with Crippen molar-refractivity contribution in [3.8, 4) is 0 Å². The lowest BCUT2D eigenvalue weighted by Crippen LogP contribution is -2.34. The SMILES string of the molecule is O=C(NCC1CCOCC1)n1cnc2cnc(N3CCC[C@@H]3c3cc(F)ccc3F)nc21. The summed E-state index contributed by atoms with van der Waals surface area (Å²) in [5, 5.41) is 2.95. The molecule has 1 N–H and O–H groups in total. The maximum atomic E-state index is 14.4. The lowest BCUT2D eigenvalue weighted by Gasteiger charge is -2.25. The van der Waals surface area contributed by atoms with E-state index in [0.29, 0.717) is 55.8 Å². The molecule has 0 unspecified atom stereocenters. The van der Waals surface area contributed by atoms with Crippen LogP contribution in [0.25, 0.3) is 11.2 Å². The minimum Gasteiger partial charge on any atom is -0.381 e. The van der Waals surface area contributed by atoms with Gasteiger partial charge in [-0.15, -0.1) is 0 Å². The fraction of sp³-hybridized carbons (Fsp3) is 0.455. The predicted molar refractivity (Wildman–Crippen MR) is 113 cm³/mol. The third-order valence-corrected chi connectivity index (χ3v) is 6.21. The molecule has 8 nitrogen and oxygen atoms in total. The number of carbonyl (C=O) groups excluding carboxylic acids is 1. The summed E-state index contributed by atoms with van der Waals surface area (Å²) in [6.07, 6.45) is 6.28. The molecule has 10 heteroatoms. The summed E-state index contributed by atoms with van der Waals surface area (Å²) in [5.74, 6) is -0.187. The number of ether oxygens (including phenoxy) is 1. The second-order valence-electron chi connectivity index (χ2n) is 8.25. The van der Waals surface area contributed by atoms with E-state index in [1.807, 2.05) is 4.90 Å². The quantitative estimate of drug-likeness (QED) is 0.667. The van der Waals surface area contributed by atoms with E-state index >= 15 is 0 Å². The van der Waals surface area contributed by atoms with Crippen LogP contribution in [0.4, 0.5) is 19.5 Å². The van der Waals surface area contributed by atoms with Gasteiger partial charge in [0.15, 0.2) is 5.65 Å². The van der Waals surface area contributed by atoms with Gasteiger partial charge in [-0.3, -0.25) is 0 Å². The number of nitrogens with one attached hydrogen (secondary N) is 1. The number of hydrogen-bond donors (Lipinski definition) is 1. The van der Waals surface area contributed by atoms with Gasteiger partial charge in [0.2, 0.25) is 5.95 Å². The van der Waals surface area contributed by atoms with Gasteiger partial charge in [-0.1, -0.05) is 0 Å². The summed E-state index contributed by atoms with van der Waals surface area (Å²) in [5.41, 5.74) is 1.15. The van der Waals surface area contributed by atoms with E-state index in [0.717, 1.165) is 31.4 Å². The molecule has 168 valence electrons. The van der Waals surface area contributed by atoms with Crippen LogP contribution < -0.4 is 10.2 Å². The highest BCUT2D eigenvalue weighted by atomic mass is 19.1. The van der Waals surface area contributed by atoms with Gasteiger partial charge in [-0.2, -0.15) is 4.98 Å². The van der Waals surface area contributed by atoms with Gasteiger partial charge < -0.3 is 15.0 Å². The van der Waals surface area contributed by atoms with E-state index in [1.165, 1.54) is 17.0 Å². The van der Waals surface area contributed by atoms with E-state index in [4.69, 9.17) is 4.74 Å². The summed E-state index contributed by atoms with van der Waals surface area (Å²) in [6, 6.07) is 2.80. The molecular weight excluding hydrogens is 418 g/mol. The van der Waals surface area contributed by atoms with Crippen molar-refractivity contribution in [3.63, 3.8) is 0 Å². The average molecular weight is 442 g/mol. The summed E-state index contributed by atoms with van der Waals surface area (Å²) in [4.78, 5) is 27.8. The fourth-order valence-corrected chi connectivity index (χ4v) is 4.45. The van der Waals surface area contributed by atoms with E-state index in [9.17, 15) is 13.6 Å². The topological polar surface area (TPSA) is 85.2 Å². The molecule has 3 aromatic rings. The minimum absolute atomic E-state index is 0.286. The van der Waals surface area contributed by atoms with Gasteiger partial charge in [0.1, 0.15) is 23.5 Å². The number of imidazole rings is 1. The maximum absolute atomic E-state index is 14.4. The number of nitrogens with zero attached hydrogens (tertiary/aromatic N) is 5. The van der Waals surface area contributed by atoms with Gasteiger partial charge in [-0.05, 0) is 49.8 Å². The molecule has 0 saturated carbocycles. The molecule has 1 amide bonds. The van der Waals surface area contributed by atoms with Crippen LogP contribution in [0.3, 0.4) is 0 Å². The summed E-state index contributed by atoms with van der Waals surface area (Å²) >= 11 is 0. The van der Waals surface area contributed by atoms with Crippen LogP contribution in [0, 0.1) is 17.6 Å². The highest BCUT2D eigenvalue weighted by Crippen LogP contribution is 2.36. The first kappa shape index (κ1) is 20.7. The number of aromatic nitrogens is 4. The zero-order valence-electron chi connectivity index (χ0n) is 17.5. The second kappa shape index (κ2) is 8.78. The number of rotatable bonds is 4. The van der Waals surface area contributed by atoms with Gasteiger partial charge in [0, 0.05) is 31.9 Å². The van der Waals surface area contributed by atoms with Gasteiger partial charge in [0.25, 0.3) is 0 Å². The smallest absolute Gasteiger partial charge is 0.328 e. The van der Waals surface area contributed by atoms with E-state index < -0.39 is 11.6 Å². The van der Waals surface area contributed by atoms with Crippen molar-refractivity contribution in [2.24, 2.45) is 5.92 Å². The zero-order chi connectivity index (χ0) is 22.1. The molecule has 2 aliphatic heterocycles. The Labute approximate surface area is 183 Å². The van der Waals surface area contributed by atoms with Crippen LogP contribution >= 0.6 is 0 Å². The number of halogens is 2. The molecule has 2 saturated heterocycles. The first-order chi connectivity index (χ1) is 15.6. The summed E-state index contributed by atoms with van der Waals surface area (Å²) in [6.45, 7) is 2.60. The molecule has 32 heavy (non-hydrogen) atoms. The van der Waals surface area contributed by atoms with Crippen molar-refractivity contribution < 1.29 is 18.3 Å². The van der Waals surface area contributed by atoms with E-state index in [2.05, 4.69) is 20.3 Å². The van der Waals surface area contributed by atoms with Gasteiger partial charge >= 0.3 is 6.03 Å². The maximum Gasteiger partial charge on any atom is 0.328 e. The minimum atomic E-state index is -0.483. The lowest BCUT2D eigenvalue weighted by molar-refractivity contribution is 0.0669. The summed E-state index contributed by atoms with van der Waals surface area (Å²) in [7, 11) is 0. The molecule has 2 aromatic heterocycles. The Kier molecular flexibility index (Phi) is 5.69. The van der Waals surface area contributed by atoms with Crippen molar-refractivity contribution in [1.29, 1.82) is 0 Å². The third kappa shape index (κ3) is 4.02. The number of carbonyl (C=O) groups is 1.